The van der Waals surface area contributed by atoms with Crippen molar-refractivity contribution in [1.29, 1.82) is 0 Å². The zero-order valence-corrected chi connectivity index (χ0v) is 11.6. The third kappa shape index (κ3) is 3.75. The van der Waals surface area contributed by atoms with Crippen LogP contribution in [0.3, 0.4) is 0 Å². The van der Waals surface area contributed by atoms with Gasteiger partial charge in [-0.3, -0.25) is 9.78 Å². The van der Waals surface area contributed by atoms with Crippen LogP contribution in [0.1, 0.15) is 22.0 Å². The maximum Gasteiger partial charge on any atom is 0.412 e. The van der Waals surface area contributed by atoms with Gasteiger partial charge in [-0.1, -0.05) is 12.1 Å². The van der Waals surface area contributed by atoms with Gasteiger partial charge in [-0.2, -0.15) is 13.2 Å². The Morgan fingerprint density at radius 1 is 1.23 bits per heavy atom. The minimum atomic E-state index is -4.62. The van der Waals surface area contributed by atoms with Crippen LogP contribution in [0.5, 0.6) is 5.75 Å². The van der Waals surface area contributed by atoms with Gasteiger partial charge in [0.15, 0.2) is 6.04 Å². The summed E-state index contributed by atoms with van der Waals surface area (Å²) < 4.78 is 44.5. The van der Waals surface area contributed by atoms with Crippen molar-refractivity contribution in [2.24, 2.45) is 0 Å². The van der Waals surface area contributed by atoms with Crippen molar-refractivity contribution >= 4 is 5.91 Å². The molecule has 22 heavy (non-hydrogen) atoms. The number of alkyl halides is 3. The molecule has 1 amide bonds. The number of methoxy groups -OCH3 is 1. The summed E-state index contributed by atoms with van der Waals surface area (Å²) in [5.41, 5.74) is -0.0178. The Hall–Kier alpha value is -2.57. The molecule has 0 saturated carbocycles. The van der Waals surface area contributed by atoms with Crippen molar-refractivity contribution in [3.05, 3.63) is 59.9 Å². The maximum atomic E-state index is 13.2. The van der Waals surface area contributed by atoms with Crippen LogP contribution in [0.15, 0.2) is 48.8 Å². The highest BCUT2D eigenvalue weighted by atomic mass is 19.4. The minimum Gasteiger partial charge on any atom is -0.497 e. The van der Waals surface area contributed by atoms with Crippen LogP contribution in [-0.4, -0.2) is 24.2 Å². The smallest absolute Gasteiger partial charge is 0.412 e. The number of ether oxygens (including phenoxy) is 1. The van der Waals surface area contributed by atoms with Crippen molar-refractivity contribution in [2.75, 3.05) is 7.11 Å². The molecule has 0 bridgehead atoms. The summed E-state index contributed by atoms with van der Waals surface area (Å²) in [5, 5.41) is 1.98. The fourth-order valence-corrected chi connectivity index (χ4v) is 1.86. The number of halogens is 3. The molecule has 0 saturated heterocycles. The summed E-state index contributed by atoms with van der Waals surface area (Å²) in [7, 11) is 1.42. The van der Waals surface area contributed by atoms with E-state index in [9.17, 15) is 18.0 Å². The van der Waals surface area contributed by atoms with Gasteiger partial charge in [0.1, 0.15) is 5.75 Å². The van der Waals surface area contributed by atoms with Gasteiger partial charge in [-0.15, -0.1) is 0 Å². The van der Waals surface area contributed by atoms with Crippen LogP contribution in [0.25, 0.3) is 0 Å². The van der Waals surface area contributed by atoms with Gasteiger partial charge in [0.2, 0.25) is 0 Å². The Labute approximate surface area is 124 Å². The Morgan fingerprint density at radius 2 is 1.91 bits per heavy atom. The molecule has 0 fully saturated rings. The van der Waals surface area contributed by atoms with E-state index < -0.39 is 18.1 Å². The van der Waals surface area contributed by atoms with E-state index in [2.05, 4.69) is 4.98 Å². The molecule has 0 aliphatic heterocycles. The van der Waals surface area contributed by atoms with Gasteiger partial charge in [0.25, 0.3) is 5.91 Å². The molecule has 1 aromatic heterocycles. The number of rotatable bonds is 4. The fourth-order valence-electron chi connectivity index (χ4n) is 1.86. The Balaban J connectivity index is 2.25. The van der Waals surface area contributed by atoms with Crippen molar-refractivity contribution in [1.82, 2.24) is 10.3 Å². The number of hydrogen-bond donors (Lipinski definition) is 1. The SMILES string of the molecule is COc1ccc([C@H](NC(=O)c2cccnc2)C(F)(F)F)cc1. The zero-order valence-electron chi connectivity index (χ0n) is 11.6. The molecule has 0 radical (unpaired) electrons. The fraction of sp³-hybridized carbons (Fsp3) is 0.200. The molecular weight excluding hydrogens is 297 g/mol. The lowest BCUT2D eigenvalue weighted by atomic mass is 10.1. The third-order valence-electron chi connectivity index (χ3n) is 2.98. The van der Waals surface area contributed by atoms with Crippen LogP contribution >= 0.6 is 0 Å². The maximum absolute atomic E-state index is 13.2. The number of carbonyl (C=O) groups is 1. The molecule has 0 aliphatic rings. The molecule has 2 aromatic rings. The first-order chi connectivity index (χ1) is 10.4. The van der Waals surface area contributed by atoms with Crippen molar-refractivity contribution in [3.8, 4) is 5.75 Å². The number of nitrogens with one attached hydrogen (secondary N) is 1. The van der Waals surface area contributed by atoms with E-state index in [4.69, 9.17) is 4.74 Å². The van der Waals surface area contributed by atoms with E-state index >= 15 is 0 Å². The molecule has 0 aliphatic carbocycles. The van der Waals surface area contributed by atoms with Gasteiger partial charge >= 0.3 is 6.18 Å². The Morgan fingerprint density at radius 3 is 2.41 bits per heavy atom. The van der Waals surface area contributed by atoms with E-state index in [0.29, 0.717) is 5.75 Å². The molecular formula is C15H13F3N2O2. The van der Waals surface area contributed by atoms with Crippen LogP contribution in [-0.2, 0) is 0 Å². The van der Waals surface area contributed by atoms with Gasteiger partial charge in [0.05, 0.1) is 12.7 Å². The first-order valence-corrected chi connectivity index (χ1v) is 6.33. The molecule has 2 rings (SSSR count). The van der Waals surface area contributed by atoms with Crippen molar-refractivity contribution in [2.45, 2.75) is 12.2 Å². The summed E-state index contributed by atoms with van der Waals surface area (Å²) in [6, 6.07) is 6.11. The van der Waals surface area contributed by atoms with Crippen molar-refractivity contribution in [3.63, 3.8) is 0 Å². The van der Waals surface area contributed by atoms with Crippen molar-refractivity contribution < 1.29 is 22.7 Å². The number of pyridine rings is 1. The summed E-state index contributed by atoms with van der Waals surface area (Å²) in [5.74, 6) is -0.408. The Kier molecular flexibility index (Phi) is 4.65. The second kappa shape index (κ2) is 6.46. The minimum absolute atomic E-state index is 0.0604. The lowest BCUT2D eigenvalue weighted by molar-refractivity contribution is -0.155. The average Bonchev–Trinajstić information content (AvgIpc) is 2.52. The zero-order chi connectivity index (χ0) is 16.2. The molecule has 0 spiro atoms. The van der Waals surface area contributed by atoms with E-state index in [1.54, 1.807) is 0 Å². The number of nitrogens with zero attached hydrogens (tertiary/aromatic N) is 1. The lowest BCUT2D eigenvalue weighted by Gasteiger charge is -2.22. The standard InChI is InChI=1S/C15H13F3N2O2/c1-22-12-6-4-10(5-7-12)13(15(16,17)18)20-14(21)11-3-2-8-19-9-11/h2-9,13H,1H3,(H,20,21)/t13-/m0/s1. The summed E-state index contributed by atoms with van der Waals surface area (Å²) in [6.45, 7) is 0. The number of benzene rings is 1. The highest BCUT2D eigenvalue weighted by molar-refractivity contribution is 5.94. The summed E-state index contributed by atoms with van der Waals surface area (Å²) >= 11 is 0. The first-order valence-electron chi connectivity index (χ1n) is 6.33. The van der Waals surface area contributed by atoms with Gasteiger partial charge in [-0.25, -0.2) is 0 Å². The molecule has 1 N–H and O–H groups in total. The van der Waals surface area contributed by atoms with E-state index in [1.165, 1.54) is 55.9 Å². The quantitative estimate of drug-likeness (QED) is 0.944. The van der Waals surface area contributed by atoms with Gasteiger partial charge < -0.3 is 10.1 Å². The number of hydrogen-bond acceptors (Lipinski definition) is 3. The van der Waals surface area contributed by atoms with E-state index in [-0.39, 0.29) is 11.1 Å². The van der Waals surface area contributed by atoms with Crippen LogP contribution < -0.4 is 10.1 Å². The highest BCUT2D eigenvalue weighted by Crippen LogP contribution is 2.33. The summed E-state index contributed by atoms with van der Waals surface area (Å²) in [4.78, 5) is 15.6. The van der Waals surface area contributed by atoms with Gasteiger partial charge in [-0.05, 0) is 29.8 Å². The molecule has 7 heteroatoms. The number of amides is 1. The predicted molar refractivity (Wildman–Crippen MR) is 73.5 cm³/mol. The molecule has 1 atom stereocenters. The van der Waals surface area contributed by atoms with Crippen LogP contribution in [0, 0.1) is 0 Å². The molecule has 0 unspecified atom stereocenters. The molecule has 1 aromatic carbocycles. The normalized spacial score (nSPS) is 12.5. The second-order valence-electron chi connectivity index (χ2n) is 4.46. The third-order valence-corrected chi connectivity index (χ3v) is 2.98. The van der Waals surface area contributed by atoms with E-state index in [0.717, 1.165) is 0 Å². The topological polar surface area (TPSA) is 51.2 Å². The largest absolute Gasteiger partial charge is 0.497 e. The predicted octanol–water partition coefficient (Wildman–Crippen LogP) is 3.12. The lowest BCUT2D eigenvalue weighted by Crippen LogP contribution is -2.38. The van der Waals surface area contributed by atoms with Gasteiger partial charge in [0, 0.05) is 12.4 Å². The Bertz CT molecular complexity index is 627. The van der Waals surface area contributed by atoms with Crippen LogP contribution in [0.4, 0.5) is 13.2 Å². The second-order valence-corrected chi connectivity index (χ2v) is 4.46. The molecule has 116 valence electrons. The van der Waals surface area contributed by atoms with E-state index in [1.807, 2.05) is 5.32 Å². The van der Waals surface area contributed by atoms with Crippen LogP contribution in [0.2, 0.25) is 0 Å². The molecule has 4 nitrogen and oxygen atoms in total. The first kappa shape index (κ1) is 15.8. The number of carbonyl (C=O) groups excluding carboxylic acids is 1. The highest BCUT2D eigenvalue weighted by Gasteiger charge is 2.42. The summed E-state index contributed by atoms with van der Waals surface area (Å²) in [6.07, 6.45) is -1.98. The average molecular weight is 310 g/mol. The molecule has 1 heterocycles. The monoisotopic (exact) mass is 310 g/mol. The number of aromatic nitrogens is 1.